The van der Waals surface area contributed by atoms with Gasteiger partial charge in [0.15, 0.2) is 10.1 Å². The van der Waals surface area contributed by atoms with Gasteiger partial charge >= 0.3 is 24.4 Å². The molecule has 488 valence electrons. The Morgan fingerprint density at radius 1 is 0.573 bits per heavy atom. The van der Waals surface area contributed by atoms with Crippen molar-refractivity contribution < 1.29 is 62.4 Å². The summed E-state index contributed by atoms with van der Waals surface area (Å²) in [5, 5.41) is 8.60. The van der Waals surface area contributed by atoms with Crippen LogP contribution < -0.4 is 40.1 Å². The number of nitrogens with zero attached hydrogens (tertiary/aromatic N) is 9. The van der Waals surface area contributed by atoms with Crippen LogP contribution in [0.25, 0.3) is 0 Å². The van der Waals surface area contributed by atoms with Crippen molar-refractivity contribution in [2.45, 2.75) is 140 Å². The van der Waals surface area contributed by atoms with Crippen LogP contribution in [0.5, 0.6) is 0 Å². The van der Waals surface area contributed by atoms with E-state index >= 15 is 0 Å². The maximum absolute atomic E-state index is 13.6. The molecule has 6 aliphatic rings. The molecule has 6 aliphatic heterocycles. The monoisotopic (exact) mass is 1310 g/mol. The van der Waals surface area contributed by atoms with Crippen LogP contribution in [0, 0.1) is 22.7 Å². The maximum atomic E-state index is 13.6. The summed E-state index contributed by atoms with van der Waals surface area (Å²) in [5.74, 6) is 0.760. The summed E-state index contributed by atoms with van der Waals surface area (Å²) in [6, 6.07) is 14.3. The highest BCUT2D eigenvalue weighted by Gasteiger charge is 2.49. The minimum absolute atomic E-state index is 0.0191. The lowest BCUT2D eigenvalue weighted by atomic mass is 9.88. The molecule has 0 radical (unpaired) electrons. The smallest absolute Gasteiger partial charge is 0.370 e. The van der Waals surface area contributed by atoms with Gasteiger partial charge in [-0.1, -0.05) is 51.4 Å². The molecule has 0 saturated carbocycles. The summed E-state index contributed by atoms with van der Waals surface area (Å²) < 4.78 is 134. The molecule has 4 aromatic heterocycles. The highest BCUT2D eigenvalue weighted by atomic mass is 35.5. The average molecular weight is 1310 g/mol. The van der Waals surface area contributed by atoms with Gasteiger partial charge in [-0.2, -0.15) is 43.2 Å². The van der Waals surface area contributed by atoms with Crippen LogP contribution in [0.4, 0.5) is 65.0 Å². The highest BCUT2D eigenvalue weighted by molar-refractivity contribution is 7.90. The van der Waals surface area contributed by atoms with E-state index in [1.807, 2.05) is 18.7 Å². The summed E-state index contributed by atoms with van der Waals surface area (Å²) in [6.07, 6.45) is -3.59. The predicted molar refractivity (Wildman–Crippen MR) is 324 cm³/mol. The van der Waals surface area contributed by atoms with E-state index in [-0.39, 0.29) is 94.5 Å². The number of hydrogen-bond donors (Lipinski definition) is 5. The molecule has 10 heterocycles. The van der Waals surface area contributed by atoms with E-state index < -0.39 is 66.6 Å². The van der Waals surface area contributed by atoms with Crippen LogP contribution in [0.1, 0.15) is 127 Å². The molecular formula is C58H77ClF6N14O8S2. The van der Waals surface area contributed by atoms with Crippen LogP contribution in [-0.4, -0.2) is 159 Å². The van der Waals surface area contributed by atoms with Crippen molar-refractivity contribution in [3.8, 4) is 0 Å². The number of aromatic nitrogens is 4. The first-order valence-corrected chi connectivity index (χ1v) is 32.7. The number of nitrogens with one attached hydrogen (secondary N) is 5. The van der Waals surface area contributed by atoms with Gasteiger partial charge in [0.05, 0.1) is 22.0 Å². The molecular weight excluding hydrogens is 1230 g/mol. The molecule has 10 rings (SSSR count). The highest BCUT2D eigenvalue weighted by Crippen LogP contribution is 2.44. The molecule has 0 unspecified atom stereocenters. The molecule has 0 aromatic carbocycles. The van der Waals surface area contributed by atoms with Gasteiger partial charge in [-0.3, -0.25) is 14.5 Å². The Hall–Kier alpha value is -6.95. The largest absolute Gasteiger partial charge is 0.394 e. The number of pyridine rings is 4. The molecule has 4 aromatic rings. The number of hydrogen-bond acceptors (Lipinski definition) is 16. The quantitative estimate of drug-likeness (QED) is 0.0851. The van der Waals surface area contributed by atoms with E-state index in [0.29, 0.717) is 56.1 Å². The molecule has 6 amide bonds. The van der Waals surface area contributed by atoms with Crippen LogP contribution >= 0.6 is 11.6 Å². The van der Waals surface area contributed by atoms with Crippen molar-refractivity contribution in [1.82, 2.24) is 44.5 Å². The molecule has 2 atom stereocenters. The molecule has 22 nitrogen and oxygen atoms in total. The van der Waals surface area contributed by atoms with Gasteiger partial charge in [-0.25, -0.2) is 39.0 Å². The second-order valence-electron chi connectivity index (χ2n) is 25.7. The Balaban J connectivity index is 0.000000195. The Morgan fingerprint density at radius 3 is 1.49 bits per heavy atom. The summed E-state index contributed by atoms with van der Waals surface area (Å²) >= 11 is 6.14. The Bertz CT molecular complexity index is 3520. The lowest BCUT2D eigenvalue weighted by molar-refractivity contribution is -0.214. The zero-order valence-corrected chi connectivity index (χ0v) is 53.3. The molecule has 89 heavy (non-hydrogen) atoms. The number of alkyl halides is 6. The minimum Gasteiger partial charge on any atom is -0.370 e. The fraction of sp³-hybridized carbons (Fsp3) is 0.586. The van der Waals surface area contributed by atoms with Crippen LogP contribution in [-0.2, 0) is 20.0 Å². The van der Waals surface area contributed by atoms with E-state index in [0.717, 1.165) is 72.8 Å². The van der Waals surface area contributed by atoms with Crippen molar-refractivity contribution in [3.05, 3.63) is 76.9 Å². The molecule has 0 aliphatic carbocycles. The van der Waals surface area contributed by atoms with Crippen molar-refractivity contribution in [2.24, 2.45) is 22.7 Å². The van der Waals surface area contributed by atoms with Crippen LogP contribution in [0.15, 0.2) is 70.7 Å². The number of carbonyl (C=O) groups excluding carboxylic acids is 4. The Morgan fingerprint density at radius 2 is 1.03 bits per heavy atom. The van der Waals surface area contributed by atoms with Gasteiger partial charge in [0.25, 0.3) is 31.9 Å². The van der Waals surface area contributed by atoms with Crippen LogP contribution in [0.3, 0.4) is 0 Å². The first kappa shape index (κ1) is 68.0. The number of urea groups is 2. The third-order valence-corrected chi connectivity index (χ3v) is 19.8. The molecule has 8 bridgehead atoms. The summed E-state index contributed by atoms with van der Waals surface area (Å²) in [5.41, 5.74) is -4.19. The van der Waals surface area contributed by atoms with Crippen LogP contribution in [0.2, 0.25) is 5.15 Å². The summed E-state index contributed by atoms with van der Waals surface area (Å²) in [7, 11) is -8.49. The predicted octanol–water partition coefficient (Wildman–Crippen LogP) is 9.68. The van der Waals surface area contributed by atoms with E-state index in [1.54, 1.807) is 24.3 Å². The van der Waals surface area contributed by atoms with Gasteiger partial charge in [-0.05, 0) is 139 Å². The zero-order chi connectivity index (χ0) is 65.3. The topological polar surface area (TPSA) is 264 Å². The lowest BCUT2D eigenvalue weighted by Crippen LogP contribution is -2.41. The number of sulfonamides is 2. The second kappa shape index (κ2) is 26.1. The fourth-order valence-corrected chi connectivity index (χ4v) is 13.5. The number of halogens is 7. The van der Waals surface area contributed by atoms with Crippen molar-refractivity contribution >= 4 is 84.6 Å². The van der Waals surface area contributed by atoms with Gasteiger partial charge in [-0.15, -0.1) is 0 Å². The SMILES string of the molecule is CC(C)(CCN1CCNC1=O)C(F)(F)F.CC1(C)C[C@@H]2CCCNc3cccc(n3)S(=O)(=O)NC(=O)c3ccc(Cl)nc3N1C2.CC1(C)C[C@@H]2CCCNc3cccc(n3)S(=O)(=O)NC(=O)c3ccc(N4CCN(CCC(C)(C)C(F)(F)F)C4=O)nc3N1C2. The molecule has 0 spiro atoms. The minimum atomic E-state index is -4.40. The second-order valence-corrected chi connectivity index (χ2v) is 29.3. The fourth-order valence-electron chi connectivity index (χ4n) is 11.5. The molecule has 4 fully saturated rings. The molecule has 31 heteroatoms. The van der Waals surface area contributed by atoms with Crippen molar-refractivity contribution in [3.63, 3.8) is 0 Å². The van der Waals surface area contributed by atoms with Crippen molar-refractivity contribution in [1.29, 1.82) is 0 Å². The van der Waals surface area contributed by atoms with Gasteiger partial charge in [0, 0.05) is 76.5 Å². The first-order valence-electron chi connectivity index (χ1n) is 29.4. The third kappa shape index (κ3) is 16.0. The lowest BCUT2D eigenvalue weighted by Gasteiger charge is -2.34. The standard InChI is InChI=1S/C29H38F3N7O4S.C20H24ClN5O3S.C9H15F3N2O/c1-27(2,29(30,31)32)12-14-37-15-16-38(26(37)41)22-11-10-20-24(35-22)39-18-19(17-28(39,3)4)7-6-13-33-21-8-5-9-23(34-21)44(42,43)36-25(20)40;1-20(2)11-13-5-4-10-22-16-6-3-7-17(24-16)30(28,29)25-19(27)14-8-9-15(21)23-18(14)26(20)12-13;1-8(2,9(10,11)12)3-5-14-6-4-13-7(14)15/h5,8-11,19H,6-7,12-18H2,1-4H3,(H,33,34)(H,36,40);3,6-9,13H,4-5,10-12H2,1-2H3,(H,22,24)(H,25,27);3-6H2,1-2H3,(H,13,15)/t19-;13-;/m00./s1. The normalized spacial score (nSPS) is 21.7. The Labute approximate surface area is 519 Å². The van der Waals surface area contributed by atoms with Gasteiger partial charge in [0.1, 0.15) is 34.2 Å². The Kier molecular flexibility index (Phi) is 19.9. The average Bonchev–Trinajstić information content (AvgIpc) is 1.83. The number of rotatable bonds is 7. The van der Waals surface area contributed by atoms with Gasteiger partial charge in [0.2, 0.25) is 0 Å². The maximum Gasteiger partial charge on any atom is 0.394 e. The van der Waals surface area contributed by atoms with Crippen molar-refractivity contribution in [2.75, 3.05) is 90.8 Å². The molecule has 5 N–H and O–H groups in total. The number of fused-ring (bicyclic) bond motifs is 12. The van der Waals surface area contributed by atoms with E-state index in [4.69, 9.17) is 16.6 Å². The van der Waals surface area contributed by atoms with E-state index in [1.165, 1.54) is 51.1 Å². The number of anilines is 5. The summed E-state index contributed by atoms with van der Waals surface area (Å²) in [4.78, 5) is 76.7. The number of carbonyl (C=O) groups is 4. The van der Waals surface area contributed by atoms with E-state index in [2.05, 4.69) is 59.1 Å². The van der Waals surface area contributed by atoms with Gasteiger partial charge < -0.3 is 35.6 Å². The summed E-state index contributed by atoms with van der Waals surface area (Å²) in [6.45, 7) is 16.9. The zero-order valence-electron chi connectivity index (χ0n) is 50.9. The van der Waals surface area contributed by atoms with E-state index in [9.17, 15) is 62.4 Å². The first-order chi connectivity index (χ1) is 41.4. The molecule has 4 saturated heterocycles. The number of amides is 6. The third-order valence-electron chi connectivity index (χ3n) is 17.1.